The molecule has 1 aliphatic heterocycles. The zero-order chi connectivity index (χ0) is 9.64. The van der Waals surface area contributed by atoms with Gasteiger partial charge in [-0.1, -0.05) is 0 Å². The van der Waals surface area contributed by atoms with Crippen LogP contribution in [0.4, 0.5) is 0 Å². The molecular weight excluding hydrogens is 241 g/mol. The first-order valence-corrected chi connectivity index (χ1v) is 7.85. The van der Waals surface area contributed by atoms with E-state index in [1.54, 1.807) is 0 Å². The Morgan fingerprint density at radius 3 is 2.79 bits per heavy atom. The van der Waals surface area contributed by atoms with Gasteiger partial charge < -0.3 is 0 Å². The average molecular weight is 260 g/mol. The number of ether oxygens (including phenoxy) is 1. The quantitative estimate of drug-likeness (QED) is 0.664. The summed E-state index contributed by atoms with van der Waals surface area (Å²) in [6, 6.07) is 0.596. The van der Waals surface area contributed by atoms with Gasteiger partial charge in [0.2, 0.25) is 0 Å². The summed E-state index contributed by atoms with van der Waals surface area (Å²) in [6.45, 7) is 0.910. The Hall–Kier alpha value is -0.0105. The SMILES string of the molecule is C1CCC(N=C2OCCCC[Se]2)CC1. The second-order valence-electron chi connectivity index (χ2n) is 4.09. The maximum atomic E-state index is 5.68. The summed E-state index contributed by atoms with van der Waals surface area (Å²) < 4.78 is 5.68. The number of hydrogen-bond donors (Lipinski definition) is 0. The molecule has 0 bridgehead atoms. The van der Waals surface area contributed by atoms with Crippen molar-refractivity contribution in [3.8, 4) is 0 Å². The number of aliphatic imine (C=N–C) groups is 1. The van der Waals surface area contributed by atoms with Crippen molar-refractivity contribution >= 4 is 19.8 Å². The molecule has 2 rings (SSSR count). The van der Waals surface area contributed by atoms with Gasteiger partial charge >= 0.3 is 92.4 Å². The normalized spacial score (nSPS) is 28.4. The number of rotatable bonds is 1. The van der Waals surface area contributed by atoms with E-state index in [1.165, 1.54) is 50.3 Å². The molecular formula is C11H19NOSe. The van der Waals surface area contributed by atoms with E-state index in [4.69, 9.17) is 9.73 Å². The topological polar surface area (TPSA) is 21.6 Å². The summed E-state index contributed by atoms with van der Waals surface area (Å²) in [6.07, 6.45) is 9.30. The second-order valence-corrected chi connectivity index (χ2v) is 6.29. The van der Waals surface area contributed by atoms with Gasteiger partial charge in [0.25, 0.3) is 0 Å². The Kier molecular flexibility index (Phi) is 4.33. The molecule has 1 heterocycles. The van der Waals surface area contributed by atoms with Crippen molar-refractivity contribution < 1.29 is 4.74 Å². The second kappa shape index (κ2) is 5.77. The molecule has 2 nitrogen and oxygen atoms in total. The van der Waals surface area contributed by atoms with E-state index in [9.17, 15) is 0 Å². The Morgan fingerprint density at radius 2 is 1.93 bits per heavy atom. The van der Waals surface area contributed by atoms with Crippen molar-refractivity contribution in [1.82, 2.24) is 0 Å². The van der Waals surface area contributed by atoms with Crippen LogP contribution in [0.1, 0.15) is 44.9 Å². The molecule has 3 heteroatoms. The van der Waals surface area contributed by atoms with E-state index in [-0.39, 0.29) is 0 Å². The van der Waals surface area contributed by atoms with Gasteiger partial charge in [0.15, 0.2) is 0 Å². The van der Waals surface area contributed by atoms with Gasteiger partial charge in [0.05, 0.1) is 0 Å². The first kappa shape index (κ1) is 10.5. The summed E-state index contributed by atoms with van der Waals surface area (Å²) in [7, 11) is 0. The van der Waals surface area contributed by atoms with Crippen LogP contribution in [0, 0.1) is 0 Å². The van der Waals surface area contributed by atoms with Gasteiger partial charge in [-0.25, -0.2) is 0 Å². The average Bonchev–Trinajstić information content (AvgIpc) is 2.48. The van der Waals surface area contributed by atoms with Gasteiger partial charge in [-0.05, 0) is 0 Å². The molecule has 1 saturated carbocycles. The molecule has 0 spiro atoms. The van der Waals surface area contributed by atoms with Gasteiger partial charge in [0.1, 0.15) is 0 Å². The van der Waals surface area contributed by atoms with Crippen LogP contribution in [0.15, 0.2) is 4.99 Å². The predicted molar refractivity (Wildman–Crippen MR) is 60.1 cm³/mol. The van der Waals surface area contributed by atoms with Gasteiger partial charge in [-0.2, -0.15) is 0 Å². The molecule has 2 aliphatic rings. The van der Waals surface area contributed by atoms with E-state index >= 15 is 0 Å². The van der Waals surface area contributed by atoms with Crippen LogP contribution in [-0.4, -0.2) is 32.4 Å². The monoisotopic (exact) mass is 261 g/mol. The molecule has 0 unspecified atom stereocenters. The Morgan fingerprint density at radius 1 is 1.07 bits per heavy atom. The molecule has 0 N–H and O–H groups in total. The summed E-state index contributed by atoms with van der Waals surface area (Å²) in [5.74, 6) is 0. The first-order valence-electron chi connectivity index (χ1n) is 5.78. The molecule has 0 radical (unpaired) electrons. The Balaban J connectivity index is 1.86. The van der Waals surface area contributed by atoms with Crippen molar-refractivity contribution in [1.29, 1.82) is 0 Å². The van der Waals surface area contributed by atoms with Gasteiger partial charge in [-0.3, -0.25) is 0 Å². The van der Waals surface area contributed by atoms with Crippen LogP contribution < -0.4 is 0 Å². The van der Waals surface area contributed by atoms with Crippen LogP contribution in [0.2, 0.25) is 5.32 Å². The van der Waals surface area contributed by atoms with E-state index in [2.05, 4.69) is 0 Å². The maximum absolute atomic E-state index is 5.68. The summed E-state index contributed by atoms with van der Waals surface area (Å²) in [4.78, 5) is 5.89. The van der Waals surface area contributed by atoms with Crippen molar-refractivity contribution in [2.24, 2.45) is 4.99 Å². The standard InChI is InChI=1S/C11H19NOSe/c1-2-6-10(7-3-1)12-11-13-8-4-5-9-14-11/h10H,1-9H2. The number of nitrogens with zero attached hydrogens (tertiary/aromatic N) is 1. The van der Waals surface area contributed by atoms with Crippen LogP contribution in [0.3, 0.4) is 0 Å². The fraction of sp³-hybridized carbons (Fsp3) is 0.909. The van der Waals surface area contributed by atoms with Crippen LogP contribution in [0.5, 0.6) is 0 Å². The molecule has 2 fully saturated rings. The number of hydrogen-bond acceptors (Lipinski definition) is 2. The third-order valence-corrected chi connectivity index (χ3v) is 4.87. The molecule has 14 heavy (non-hydrogen) atoms. The van der Waals surface area contributed by atoms with E-state index < -0.39 is 0 Å². The Bertz CT molecular complexity index is 189. The molecule has 0 amide bonds. The zero-order valence-electron chi connectivity index (χ0n) is 8.71. The van der Waals surface area contributed by atoms with E-state index in [1.807, 2.05) is 0 Å². The molecule has 0 atom stereocenters. The van der Waals surface area contributed by atoms with Crippen molar-refractivity contribution in [2.75, 3.05) is 6.61 Å². The summed E-state index contributed by atoms with van der Waals surface area (Å²) in [5, 5.41) is 1.33. The van der Waals surface area contributed by atoms with E-state index in [0.29, 0.717) is 21.0 Å². The van der Waals surface area contributed by atoms with Gasteiger partial charge in [0, 0.05) is 0 Å². The fourth-order valence-corrected chi connectivity index (χ4v) is 3.91. The third kappa shape index (κ3) is 3.29. The zero-order valence-corrected chi connectivity index (χ0v) is 10.4. The van der Waals surface area contributed by atoms with Crippen LogP contribution in [0.25, 0.3) is 0 Å². The Labute approximate surface area is 92.7 Å². The minimum absolute atomic E-state index is 0.536. The third-order valence-electron chi connectivity index (χ3n) is 2.85. The summed E-state index contributed by atoms with van der Waals surface area (Å²) in [5.41, 5.74) is 0. The molecule has 0 aromatic carbocycles. The van der Waals surface area contributed by atoms with Gasteiger partial charge in [-0.15, -0.1) is 0 Å². The van der Waals surface area contributed by atoms with Crippen LogP contribution >= 0.6 is 0 Å². The summed E-state index contributed by atoms with van der Waals surface area (Å²) >= 11 is 0.536. The van der Waals surface area contributed by atoms with Crippen molar-refractivity contribution in [3.63, 3.8) is 0 Å². The molecule has 80 valence electrons. The molecule has 1 aliphatic carbocycles. The predicted octanol–water partition coefficient (Wildman–Crippen LogP) is 2.61. The molecule has 0 aromatic heterocycles. The van der Waals surface area contributed by atoms with Crippen molar-refractivity contribution in [3.05, 3.63) is 0 Å². The first-order chi connectivity index (χ1) is 6.95. The molecule has 0 aromatic rings. The minimum atomic E-state index is 0.536. The fourth-order valence-electron chi connectivity index (χ4n) is 2.00. The van der Waals surface area contributed by atoms with E-state index in [0.717, 1.165) is 11.4 Å². The molecule has 1 saturated heterocycles. The van der Waals surface area contributed by atoms with Crippen molar-refractivity contribution in [2.45, 2.75) is 56.3 Å². The van der Waals surface area contributed by atoms with Crippen LogP contribution in [-0.2, 0) is 4.74 Å².